The summed E-state index contributed by atoms with van der Waals surface area (Å²) in [7, 11) is 1.66. The van der Waals surface area contributed by atoms with Crippen molar-refractivity contribution in [1.29, 1.82) is 0 Å². The number of nitrogens with one attached hydrogen (secondary N) is 2. The minimum atomic E-state index is 0.0157. The van der Waals surface area contributed by atoms with Gasteiger partial charge >= 0.3 is 0 Å². The molecule has 1 aromatic heterocycles. The molecule has 0 aromatic carbocycles. The number of fused-ring (bicyclic) bond motifs is 1. The predicted octanol–water partition coefficient (Wildman–Crippen LogP) is 1.33. The molecule has 2 N–H and O–H groups in total. The van der Waals surface area contributed by atoms with E-state index in [1.54, 1.807) is 7.11 Å². The number of carbonyl (C=O) groups is 1. The number of hydrogen-bond acceptors (Lipinski definition) is 4. The van der Waals surface area contributed by atoms with Crippen molar-refractivity contribution in [3.8, 4) is 0 Å². The summed E-state index contributed by atoms with van der Waals surface area (Å²) >= 11 is 0. The zero-order valence-corrected chi connectivity index (χ0v) is 13.2. The molecule has 0 radical (unpaired) electrons. The molecule has 0 unspecified atom stereocenters. The lowest BCUT2D eigenvalue weighted by Crippen LogP contribution is -2.42. The molecule has 0 atom stereocenters. The van der Waals surface area contributed by atoms with Crippen molar-refractivity contribution in [2.75, 3.05) is 26.8 Å². The number of amides is 1. The van der Waals surface area contributed by atoms with Crippen LogP contribution in [0.2, 0.25) is 0 Å². The van der Waals surface area contributed by atoms with Gasteiger partial charge in [0, 0.05) is 50.5 Å². The van der Waals surface area contributed by atoms with Crippen LogP contribution in [0, 0.1) is 0 Å². The largest absolute Gasteiger partial charge is 0.383 e. The lowest BCUT2D eigenvalue weighted by atomic mass is 10.0. The first-order valence-corrected chi connectivity index (χ1v) is 7.79. The van der Waals surface area contributed by atoms with Gasteiger partial charge in [-0.1, -0.05) is 13.8 Å². The second-order valence-corrected chi connectivity index (χ2v) is 5.42. The molecule has 2 rings (SSSR count). The van der Waals surface area contributed by atoms with Gasteiger partial charge in [0.25, 0.3) is 5.91 Å². The first-order chi connectivity index (χ1) is 10.2. The highest BCUT2D eigenvalue weighted by Crippen LogP contribution is 2.19. The molecule has 1 amide bonds. The van der Waals surface area contributed by atoms with Crippen molar-refractivity contribution in [2.24, 2.45) is 0 Å². The van der Waals surface area contributed by atoms with E-state index < -0.39 is 0 Å². The third kappa shape index (κ3) is 3.44. The van der Waals surface area contributed by atoms with Crippen molar-refractivity contribution in [3.05, 3.63) is 17.0 Å². The normalized spacial score (nSPS) is 14.3. The van der Waals surface area contributed by atoms with Crippen molar-refractivity contribution in [2.45, 2.75) is 45.7 Å². The number of hydrogen-bond donors (Lipinski definition) is 2. The highest BCUT2D eigenvalue weighted by molar-refractivity contribution is 5.94. The van der Waals surface area contributed by atoms with E-state index >= 15 is 0 Å². The van der Waals surface area contributed by atoms with E-state index in [0.29, 0.717) is 25.4 Å². The predicted molar refractivity (Wildman–Crippen MR) is 81.3 cm³/mol. The molecule has 0 saturated heterocycles. The fourth-order valence-electron chi connectivity index (χ4n) is 2.91. The molecule has 1 aromatic rings. The lowest BCUT2D eigenvalue weighted by molar-refractivity contribution is 0.0582. The summed E-state index contributed by atoms with van der Waals surface area (Å²) in [6.07, 6.45) is 2.78. The number of aromatic amines is 1. The SMILES string of the molecule is CCC(CC)N(CCOC)C(=O)c1n[nH]c2c1CNCC2. The molecule has 1 aliphatic rings. The highest BCUT2D eigenvalue weighted by Gasteiger charge is 2.28. The zero-order valence-electron chi connectivity index (χ0n) is 13.2. The summed E-state index contributed by atoms with van der Waals surface area (Å²) in [4.78, 5) is 14.8. The maximum Gasteiger partial charge on any atom is 0.275 e. The Morgan fingerprint density at radius 2 is 2.19 bits per heavy atom. The van der Waals surface area contributed by atoms with Gasteiger partial charge in [-0.25, -0.2) is 0 Å². The van der Waals surface area contributed by atoms with Crippen molar-refractivity contribution >= 4 is 5.91 Å². The van der Waals surface area contributed by atoms with Gasteiger partial charge in [0.05, 0.1) is 6.61 Å². The van der Waals surface area contributed by atoms with Gasteiger partial charge < -0.3 is 15.0 Å². The Balaban J connectivity index is 2.22. The maximum atomic E-state index is 12.9. The second kappa shape index (κ2) is 7.56. The van der Waals surface area contributed by atoms with Gasteiger partial charge in [-0.2, -0.15) is 5.10 Å². The fraction of sp³-hybridized carbons (Fsp3) is 0.733. The highest BCUT2D eigenvalue weighted by atomic mass is 16.5. The average Bonchev–Trinajstić information content (AvgIpc) is 2.95. The molecule has 0 spiro atoms. The smallest absolute Gasteiger partial charge is 0.275 e. The Bertz CT molecular complexity index is 468. The van der Waals surface area contributed by atoms with E-state index in [9.17, 15) is 4.79 Å². The van der Waals surface area contributed by atoms with Gasteiger partial charge in [-0.05, 0) is 12.8 Å². The van der Waals surface area contributed by atoms with Gasteiger partial charge in [0.2, 0.25) is 0 Å². The second-order valence-electron chi connectivity index (χ2n) is 5.42. The molecular formula is C15H26N4O2. The van der Waals surface area contributed by atoms with Crippen molar-refractivity contribution in [3.63, 3.8) is 0 Å². The van der Waals surface area contributed by atoms with Crippen molar-refractivity contribution in [1.82, 2.24) is 20.4 Å². The van der Waals surface area contributed by atoms with Crippen LogP contribution in [0.4, 0.5) is 0 Å². The van der Waals surface area contributed by atoms with E-state index in [1.165, 1.54) is 0 Å². The Kier molecular flexibility index (Phi) is 5.76. The fourth-order valence-corrected chi connectivity index (χ4v) is 2.91. The first-order valence-electron chi connectivity index (χ1n) is 7.79. The van der Waals surface area contributed by atoms with Crippen LogP contribution in [0.1, 0.15) is 48.4 Å². The molecule has 118 valence electrons. The van der Waals surface area contributed by atoms with Crippen LogP contribution in [0.25, 0.3) is 0 Å². The average molecular weight is 294 g/mol. The number of ether oxygens (including phenoxy) is 1. The number of carbonyl (C=O) groups excluding carboxylic acids is 1. The van der Waals surface area contributed by atoms with Crippen LogP contribution in [0.15, 0.2) is 0 Å². The Morgan fingerprint density at radius 3 is 2.86 bits per heavy atom. The van der Waals surface area contributed by atoms with Crippen LogP contribution in [-0.2, 0) is 17.7 Å². The van der Waals surface area contributed by atoms with E-state index in [0.717, 1.165) is 37.1 Å². The Hall–Kier alpha value is -1.40. The van der Waals surface area contributed by atoms with Crippen molar-refractivity contribution < 1.29 is 9.53 Å². The summed E-state index contributed by atoms with van der Waals surface area (Å²) in [5.41, 5.74) is 2.69. The van der Waals surface area contributed by atoms with E-state index in [2.05, 4.69) is 29.4 Å². The molecule has 2 heterocycles. The standard InChI is InChI=1S/C15H26N4O2/c1-4-11(5-2)19(8-9-21-3)15(20)14-12-10-16-7-6-13(12)17-18-14/h11,16H,4-10H2,1-3H3,(H,17,18). The third-order valence-electron chi connectivity index (χ3n) is 4.19. The molecule has 1 aliphatic heterocycles. The topological polar surface area (TPSA) is 70.2 Å². The van der Waals surface area contributed by atoms with Gasteiger partial charge in [-0.15, -0.1) is 0 Å². The zero-order chi connectivity index (χ0) is 15.2. The van der Waals surface area contributed by atoms with Crippen LogP contribution in [0.5, 0.6) is 0 Å². The quantitative estimate of drug-likeness (QED) is 0.796. The minimum absolute atomic E-state index is 0.0157. The number of aromatic nitrogens is 2. The molecular weight excluding hydrogens is 268 g/mol. The Morgan fingerprint density at radius 1 is 1.43 bits per heavy atom. The molecule has 21 heavy (non-hydrogen) atoms. The van der Waals surface area contributed by atoms with Gasteiger partial charge in [0.1, 0.15) is 0 Å². The van der Waals surface area contributed by atoms with E-state index in [4.69, 9.17) is 4.74 Å². The van der Waals surface area contributed by atoms with Crippen LogP contribution >= 0.6 is 0 Å². The Labute approximate surface area is 126 Å². The van der Waals surface area contributed by atoms with Crippen LogP contribution < -0.4 is 5.32 Å². The molecule has 0 aliphatic carbocycles. The molecule has 0 saturated carbocycles. The molecule has 6 heteroatoms. The lowest BCUT2D eigenvalue weighted by Gasteiger charge is -2.30. The van der Waals surface area contributed by atoms with Crippen LogP contribution in [0.3, 0.4) is 0 Å². The number of nitrogens with zero attached hydrogens (tertiary/aromatic N) is 2. The maximum absolute atomic E-state index is 12.9. The molecule has 0 bridgehead atoms. The monoisotopic (exact) mass is 294 g/mol. The number of rotatable bonds is 7. The summed E-state index contributed by atoms with van der Waals surface area (Å²) in [6, 6.07) is 0.233. The van der Waals surface area contributed by atoms with E-state index in [-0.39, 0.29) is 11.9 Å². The number of methoxy groups -OCH3 is 1. The first kappa shape index (κ1) is 16.0. The summed E-state index contributed by atoms with van der Waals surface area (Å²) in [5, 5.41) is 10.6. The van der Waals surface area contributed by atoms with E-state index in [1.807, 2.05) is 4.90 Å². The van der Waals surface area contributed by atoms with Gasteiger partial charge in [0.15, 0.2) is 5.69 Å². The third-order valence-corrected chi connectivity index (χ3v) is 4.19. The summed E-state index contributed by atoms with van der Waals surface area (Å²) in [6.45, 7) is 7.03. The molecule has 6 nitrogen and oxygen atoms in total. The minimum Gasteiger partial charge on any atom is -0.383 e. The van der Waals surface area contributed by atoms with Gasteiger partial charge in [-0.3, -0.25) is 9.89 Å². The number of H-pyrrole nitrogens is 1. The summed E-state index contributed by atoms with van der Waals surface area (Å²) in [5.74, 6) is 0.0157. The summed E-state index contributed by atoms with van der Waals surface area (Å²) < 4.78 is 5.16. The van der Waals surface area contributed by atoms with Crippen LogP contribution in [-0.4, -0.2) is 53.9 Å². The molecule has 0 fully saturated rings.